The first kappa shape index (κ1) is 22.1. The summed E-state index contributed by atoms with van der Waals surface area (Å²) in [5, 5.41) is 3.59. The molecule has 1 amide bonds. The molecule has 160 valence electrons. The van der Waals surface area contributed by atoms with E-state index in [4.69, 9.17) is 0 Å². The van der Waals surface area contributed by atoms with Gasteiger partial charge in [0.25, 0.3) is 5.91 Å². The van der Waals surface area contributed by atoms with Crippen LogP contribution in [0, 0.1) is 6.92 Å². The molecule has 3 aromatic carbocycles. The lowest BCUT2D eigenvalue weighted by Crippen LogP contribution is -2.25. The summed E-state index contributed by atoms with van der Waals surface area (Å²) in [6, 6.07) is 28.2. The van der Waals surface area contributed by atoms with E-state index in [1.165, 1.54) is 34.7 Å². The van der Waals surface area contributed by atoms with Crippen molar-refractivity contribution >= 4 is 29.4 Å². The minimum atomic E-state index is -0.202. The normalized spacial score (nSPS) is 10.7. The number of hydrogen-bond acceptors (Lipinski definition) is 5. The SMILES string of the molecule is Cc1cccc(CSc2ncc(Sc3ccccc3)c(C(=O)NCc3ccccc3)n2)c1. The largest absolute Gasteiger partial charge is 0.347 e. The Bertz CT molecular complexity index is 1180. The van der Waals surface area contributed by atoms with Crippen molar-refractivity contribution in [1.82, 2.24) is 15.3 Å². The fourth-order valence-electron chi connectivity index (χ4n) is 3.09. The third kappa shape index (κ3) is 6.22. The standard InChI is InChI=1S/C26H23N3OS2/c1-19-9-8-12-21(15-19)18-31-26-28-17-23(32-22-13-6-3-7-14-22)24(29-26)25(30)27-16-20-10-4-2-5-11-20/h2-15,17H,16,18H2,1H3,(H,27,30). The molecule has 1 N–H and O–H groups in total. The molecule has 32 heavy (non-hydrogen) atoms. The van der Waals surface area contributed by atoms with Crippen LogP contribution in [0.25, 0.3) is 0 Å². The lowest BCUT2D eigenvalue weighted by Gasteiger charge is -2.11. The van der Waals surface area contributed by atoms with Gasteiger partial charge in [-0.2, -0.15) is 0 Å². The average molecular weight is 458 g/mol. The van der Waals surface area contributed by atoms with Gasteiger partial charge in [0.15, 0.2) is 5.16 Å². The predicted molar refractivity (Wildman–Crippen MR) is 131 cm³/mol. The van der Waals surface area contributed by atoms with Crippen LogP contribution in [-0.2, 0) is 12.3 Å². The first-order valence-corrected chi connectivity index (χ1v) is 12.1. The smallest absolute Gasteiger partial charge is 0.271 e. The molecule has 0 aliphatic rings. The molecule has 0 aliphatic carbocycles. The summed E-state index contributed by atoms with van der Waals surface area (Å²) in [5.74, 6) is 0.546. The van der Waals surface area contributed by atoms with Gasteiger partial charge in [0.2, 0.25) is 0 Å². The fourth-order valence-corrected chi connectivity index (χ4v) is 4.73. The second-order valence-electron chi connectivity index (χ2n) is 7.23. The quantitative estimate of drug-likeness (QED) is 0.254. The molecule has 0 aliphatic heterocycles. The second kappa shape index (κ2) is 11.0. The summed E-state index contributed by atoms with van der Waals surface area (Å²) in [5.41, 5.74) is 3.87. The minimum absolute atomic E-state index is 0.202. The first-order chi connectivity index (χ1) is 15.7. The number of thioether (sulfide) groups is 1. The maximum atomic E-state index is 13.1. The Labute approximate surface area is 196 Å². The van der Waals surface area contributed by atoms with Crippen LogP contribution in [0.4, 0.5) is 0 Å². The number of carbonyl (C=O) groups excluding carboxylic acids is 1. The van der Waals surface area contributed by atoms with Gasteiger partial charge in [-0.15, -0.1) is 0 Å². The van der Waals surface area contributed by atoms with E-state index >= 15 is 0 Å². The highest BCUT2D eigenvalue weighted by Gasteiger charge is 2.17. The monoisotopic (exact) mass is 457 g/mol. The van der Waals surface area contributed by atoms with Crippen LogP contribution < -0.4 is 5.32 Å². The third-order valence-electron chi connectivity index (χ3n) is 4.67. The number of nitrogens with one attached hydrogen (secondary N) is 1. The predicted octanol–water partition coefficient (Wildman–Crippen LogP) is 6.16. The summed E-state index contributed by atoms with van der Waals surface area (Å²) >= 11 is 3.03. The van der Waals surface area contributed by atoms with E-state index in [1.54, 1.807) is 6.20 Å². The van der Waals surface area contributed by atoms with Crippen molar-refractivity contribution in [2.75, 3.05) is 0 Å². The maximum Gasteiger partial charge on any atom is 0.271 e. The molecule has 1 heterocycles. The number of nitrogens with zero attached hydrogens (tertiary/aromatic N) is 2. The van der Waals surface area contributed by atoms with Gasteiger partial charge in [0.05, 0.1) is 4.90 Å². The maximum absolute atomic E-state index is 13.1. The Morgan fingerprint density at radius 3 is 2.38 bits per heavy atom. The van der Waals surface area contributed by atoms with Crippen molar-refractivity contribution in [2.45, 2.75) is 34.2 Å². The second-order valence-corrected chi connectivity index (χ2v) is 9.28. The average Bonchev–Trinajstić information content (AvgIpc) is 2.83. The molecule has 0 saturated heterocycles. The fraction of sp³-hybridized carbons (Fsp3) is 0.115. The topological polar surface area (TPSA) is 54.9 Å². The van der Waals surface area contributed by atoms with Crippen LogP contribution in [0.3, 0.4) is 0 Å². The zero-order chi connectivity index (χ0) is 22.2. The number of carbonyl (C=O) groups is 1. The van der Waals surface area contributed by atoms with E-state index in [0.717, 1.165) is 21.1 Å². The molecule has 0 radical (unpaired) electrons. The zero-order valence-corrected chi connectivity index (χ0v) is 19.3. The van der Waals surface area contributed by atoms with Gasteiger partial charge in [-0.25, -0.2) is 9.97 Å². The molecule has 0 unspecified atom stereocenters. The molecule has 0 saturated carbocycles. The summed E-state index contributed by atoms with van der Waals surface area (Å²) in [7, 11) is 0. The highest BCUT2D eigenvalue weighted by molar-refractivity contribution is 7.99. The Balaban J connectivity index is 1.54. The molecule has 1 aromatic heterocycles. The summed E-state index contributed by atoms with van der Waals surface area (Å²) in [6.07, 6.45) is 1.75. The van der Waals surface area contributed by atoms with Crippen LogP contribution in [-0.4, -0.2) is 15.9 Å². The van der Waals surface area contributed by atoms with Gasteiger partial charge in [0, 0.05) is 23.4 Å². The van der Waals surface area contributed by atoms with E-state index in [9.17, 15) is 4.79 Å². The molecule has 6 heteroatoms. The Morgan fingerprint density at radius 2 is 1.62 bits per heavy atom. The van der Waals surface area contributed by atoms with Crippen LogP contribution in [0.1, 0.15) is 27.2 Å². The molecule has 0 bridgehead atoms. The highest BCUT2D eigenvalue weighted by atomic mass is 32.2. The lowest BCUT2D eigenvalue weighted by molar-refractivity contribution is 0.0941. The van der Waals surface area contributed by atoms with Crippen LogP contribution >= 0.6 is 23.5 Å². The summed E-state index contributed by atoms with van der Waals surface area (Å²) < 4.78 is 0. The van der Waals surface area contributed by atoms with Crippen molar-refractivity contribution in [3.63, 3.8) is 0 Å². The number of benzene rings is 3. The van der Waals surface area contributed by atoms with Crippen molar-refractivity contribution in [3.8, 4) is 0 Å². The molecule has 0 fully saturated rings. The number of rotatable bonds is 8. The molecular formula is C26H23N3OS2. The van der Waals surface area contributed by atoms with E-state index in [0.29, 0.717) is 17.4 Å². The third-order valence-corrected chi connectivity index (χ3v) is 6.62. The Kier molecular flexibility index (Phi) is 7.59. The van der Waals surface area contributed by atoms with Gasteiger partial charge >= 0.3 is 0 Å². The number of hydrogen-bond donors (Lipinski definition) is 1. The van der Waals surface area contributed by atoms with E-state index in [1.807, 2.05) is 66.7 Å². The Morgan fingerprint density at radius 1 is 0.906 bits per heavy atom. The van der Waals surface area contributed by atoms with Crippen LogP contribution in [0.15, 0.2) is 106 Å². The van der Waals surface area contributed by atoms with Crippen molar-refractivity contribution in [1.29, 1.82) is 0 Å². The lowest BCUT2D eigenvalue weighted by atomic mass is 10.2. The van der Waals surface area contributed by atoms with E-state index in [-0.39, 0.29) is 5.91 Å². The number of aryl methyl sites for hydroxylation is 1. The van der Waals surface area contributed by atoms with Crippen molar-refractivity contribution in [3.05, 3.63) is 114 Å². The first-order valence-electron chi connectivity index (χ1n) is 10.3. The zero-order valence-electron chi connectivity index (χ0n) is 17.7. The van der Waals surface area contributed by atoms with Gasteiger partial charge in [0.1, 0.15) is 5.69 Å². The van der Waals surface area contributed by atoms with Gasteiger partial charge < -0.3 is 5.32 Å². The van der Waals surface area contributed by atoms with Gasteiger partial charge in [-0.1, -0.05) is 102 Å². The molecular weight excluding hydrogens is 434 g/mol. The Hall–Kier alpha value is -3.09. The summed E-state index contributed by atoms with van der Waals surface area (Å²) in [4.78, 5) is 24.0. The van der Waals surface area contributed by atoms with E-state index < -0.39 is 0 Å². The number of aromatic nitrogens is 2. The van der Waals surface area contributed by atoms with Crippen molar-refractivity contribution < 1.29 is 4.79 Å². The minimum Gasteiger partial charge on any atom is -0.347 e. The molecule has 4 nitrogen and oxygen atoms in total. The summed E-state index contributed by atoms with van der Waals surface area (Å²) in [6.45, 7) is 2.53. The molecule has 4 aromatic rings. The molecule has 4 rings (SSSR count). The molecule has 0 atom stereocenters. The molecule has 0 spiro atoms. The van der Waals surface area contributed by atoms with Gasteiger partial charge in [-0.05, 0) is 30.2 Å². The van der Waals surface area contributed by atoms with E-state index in [2.05, 4.69) is 40.4 Å². The van der Waals surface area contributed by atoms with Gasteiger partial charge in [-0.3, -0.25) is 4.79 Å². The van der Waals surface area contributed by atoms with Crippen LogP contribution in [0.5, 0.6) is 0 Å². The highest BCUT2D eigenvalue weighted by Crippen LogP contribution is 2.31. The van der Waals surface area contributed by atoms with Crippen molar-refractivity contribution in [2.24, 2.45) is 0 Å². The number of amides is 1. The van der Waals surface area contributed by atoms with Crippen LogP contribution in [0.2, 0.25) is 0 Å².